The zero-order chi connectivity index (χ0) is 16.1. The Morgan fingerprint density at radius 1 is 1.27 bits per heavy atom. The standard InChI is InChI=1S/C14H10ClN3O4/c15-12-6-1-9(7-13(12)18(21)22)8-16-17-14(20)10-2-4-11(19)5-3-10/h1-8,19H,(H,17,20)/b16-8-. The summed E-state index contributed by atoms with van der Waals surface area (Å²) >= 11 is 5.69. The van der Waals surface area contributed by atoms with Gasteiger partial charge in [-0.15, -0.1) is 0 Å². The zero-order valence-electron chi connectivity index (χ0n) is 11.1. The Balaban J connectivity index is 2.06. The molecule has 0 aliphatic carbocycles. The van der Waals surface area contributed by atoms with E-state index in [0.717, 1.165) is 0 Å². The van der Waals surface area contributed by atoms with E-state index >= 15 is 0 Å². The fraction of sp³-hybridized carbons (Fsp3) is 0. The van der Waals surface area contributed by atoms with Crippen molar-refractivity contribution in [3.63, 3.8) is 0 Å². The van der Waals surface area contributed by atoms with Crippen LogP contribution in [-0.2, 0) is 0 Å². The number of hydrogen-bond donors (Lipinski definition) is 2. The van der Waals surface area contributed by atoms with Crippen LogP contribution in [0.4, 0.5) is 5.69 Å². The molecule has 2 aromatic carbocycles. The molecule has 2 N–H and O–H groups in total. The number of nitro benzene ring substituents is 1. The van der Waals surface area contributed by atoms with Crippen LogP contribution in [0.5, 0.6) is 5.75 Å². The van der Waals surface area contributed by atoms with Crippen molar-refractivity contribution in [2.75, 3.05) is 0 Å². The lowest BCUT2D eigenvalue weighted by molar-refractivity contribution is -0.384. The highest BCUT2D eigenvalue weighted by atomic mass is 35.5. The van der Waals surface area contributed by atoms with Crippen LogP contribution in [0, 0.1) is 10.1 Å². The third-order valence-electron chi connectivity index (χ3n) is 2.68. The van der Waals surface area contributed by atoms with E-state index in [1.165, 1.54) is 48.7 Å². The molecular formula is C14H10ClN3O4. The van der Waals surface area contributed by atoms with E-state index in [1.807, 2.05) is 0 Å². The summed E-state index contributed by atoms with van der Waals surface area (Å²) in [6.07, 6.45) is 1.27. The molecule has 0 bridgehead atoms. The highest BCUT2D eigenvalue weighted by molar-refractivity contribution is 6.32. The molecule has 0 saturated carbocycles. The lowest BCUT2D eigenvalue weighted by Crippen LogP contribution is -2.17. The lowest BCUT2D eigenvalue weighted by Gasteiger charge is -2.00. The zero-order valence-corrected chi connectivity index (χ0v) is 11.8. The van der Waals surface area contributed by atoms with Gasteiger partial charge in [0.25, 0.3) is 11.6 Å². The number of carbonyl (C=O) groups is 1. The first-order valence-corrected chi connectivity index (χ1v) is 6.41. The Hall–Kier alpha value is -2.93. The molecule has 0 heterocycles. The Labute approximate surface area is 130 Å². The van der Waals surface area contributed by atoms with Gasteiger partial charge in [0.2, 0.25) is 0 Å². The van der Waals surface area contributed by atoms with Crippen LogP contribution in [0.3, 0.4) is 0 Å². The number of rotatable bonds is 4. The molecule has 8 heteroatoms. The van der Waals surface area contributed by atoms with Gasteiger partial charge in [0.05, 0.1) is 11.1 Å². The van der Waals surface area contributed by atoms with E-state index in [0.29, 0.717) is 11.1 Å². The summed E-state index contributed by atoms with van der Waals surface area (Å²) in [4.78, 5) is 21.9. The van der Waals surface area contributed by atoms with Gasteiger partial charge in [-0.3, -0.25) is 14.9 Å². The number of benzene rings is 2. The number of nitrogens with zero attached hydrogens (tertiary/aromatic N) is 2. The van der Waals surface area contributed by atoms with Gasteiger partial charge in [0.15, 0.2) is 0 Å². The number of hydrogen-bond acceptors (Lipinski definition) is 5. The number of phenols is 1. The molecule has 2 rings (SSSR count). The average Bonchev–Trinajstić information content (AvgIpc) is 2.49. The predicted octanol–water partition coefficient (Wildman–Crippen LogP) is 2.72. The van der Waals surface area contributed by atoms with Crippen LogP contribution in [0.1, 0.15) is 15.9 Å². The fourth-order valence-corrected chi connectivity index (χ4v) is 1.78. The van der Waals surface area contributed by atoms with Crippen molar-refractivity contribution in [2.24, 2.45) is 5.10 Å². The van der Waals surface area contributed by atoms with Crippen molar-refractivity contribution < 1.29 is 14.8 Å². The summed E-state index contributed by atoms with van der Waals surface area (Å²) in [6.45, 7) is 0. The van der Waals surface area contributed by atoms with Gasteiger partial charge in [-0.25, -0.2) is 5.43 Å². The molecule has 1 amide bonds. The van der Waals surface area contributed by atoms with Crippen molar-refractivity contribution in [1.82, 2.24) is 5.43 Å². The first-order chi connectivity index (χ1) is 10.5. The molecule has 2 aromatic rings. The predicted molar refractivity (Wildman–Crippen MR) is 81.3 cm³/mol. The summed E-state index contributed by atoms with van der Waals surface area (Å²) in [7, 11) is 0. The highest BCUT2D eigenvalue weighted by Gasteiger charge is 2.11. The monoisotopic (exact) mass is 319 g/mol. The first kappa shape index (κ1) is 15.5. The number of aromatic hydroxyl groups is 1. The number of nitrogens with one attached hydrogen (secondary N) is 1. The molecule has 0 spiro atoms. The molecule has 0 saturated heterocycles. The van der Waals surface area contributed by atoms with Crippen molar-refractivity contribution in [3.05, 3.63) is 68.7 Å². The van der Waals surface area contributed by atoms with Gasteiger partial charge >= 0.3 is 0 Å². The van der Waals surface area contributed by atoms with Crippen LogP contribution in [0.2, 0.25) is 5.02 Å². The Kier molecular flexibility index (Phi) is 4.70. The van der Waals surface area contributed by atoms with E-state index in [9.17, 15) is 14.9 Å². The van der Waals surface area contributed by atoms with Gasteiger partial charge in [-0.05, 0) is 30.3 Å². The van der Waals surface area contributed by atoms with E-state index in [1.54, 1.807) is 0 Å². The number of nitro groups is 1. The number of carbonyl (C=O) groups excluding carboxylic acids is 1. The minimum absolute atomic E-state index is 0.0234. The van der Waals surface area contributed by atoms with Crippen molar-refractivity contribution in [3.8, 4) is 5.75 Å². The maximum absolute atomic E-state index is 11.7. The maximum atomic E-state index is 11.7. The number of amides is 1. The molecular weight excluding hydrogens is 310 g/mol. The Morgan fingerprint density at radius 3 is 2.59 bits per heavy atom. The minimum Gasteiger partial charge on any atom is -0.508 e. The Morgan fingerprint density at radius 2 is 1.95 bits per heavy atom. The van der Waals surface area contributed by atoms with Crippen LogP contribution >= 0.6 is 11.6 Å². The topological polar surface area (TPSA) is 105 Å². The van der Waals surface area contributed by atoms with Gasteiger partial charge in [-0.1, -0.05) is 17.7 Å². The molecule has 0 aliphatic rings. The van der Waals surface area contributed by atoms with E-state index < -0.39 is 10.8 Å². The van der Waals surface area contributed by atoms with Gasteiger partial charge in [0.1, 0.15) is 10.8 Å². The lowest BCUT2D eigenvalue weighted by atomic mass is 10.2. The third-order valence-corrected chi connectivity index (χ3v) is 3.00. The van der Waals surface area contributed by atoms with Crippen LogP contribution in [0.25, 0.3) is 0 Å². The normalized spacial score (nSPS) is 10.6. The molecule has 0 unspecified atom stereocenters. The second-order valence-corrected chi connectivity index (χ2v) is 4.62. The summed E-state index contributed by atoms with van der Waals surface area (Å²) < 4.78 is 0. The molecule has 22 heavy (non-hydrogen) atoms. The quantitative estimate of drug-likeness (QED) is 0.513. The van der Waals surface area contributed by atoms with Crippen LogP contribution < -0.4 is 5.43 Å². The molecule has 0 fully saturated rings. The number of phenolic OH excluding ortho intramolecular Hbond substituents is 1. The van der Waals surface area contributed by atoms with Gasteiger partial charge in [-0.2, -0.15) is 5.10 Å². The summed E-state index contributed by atoms with van der Waals surface area (Å²) in [5.74, 6) is -0.423. The largest absolute Gasteiger partial charge is 0.508 e. The summed E-state index contributed by atoms with van der Waals surface area (Å²) in [5, 5.41) is 23.6. The van der Waals surface area contributed by atoms with Crippen LogP contribution in [-0.4, -0.2) is 22.2 Å². The molecule has 0 atom stereocenters. The van der Waals surface area contributed by atoms with Crippen LogP contribution in [0.15, 0.2) is 47.6 Å². The first-order valence-electron chi connectivity index (χ1n) is 6.04. The van der Waals surface area contributed by atoms with E-state index in [4.69, 9.17) is 16.7 Å². The van der Waals surface area contributed by atoms with Gasteiger partial charge < -0.3 is 5.11 Å². The average molecular weight is 320 g/mol. The summed E-state index contributed by atoms with van der Waals surface area (Å²) in [5.41, 5.74) is 2.77. The molecule has 7 nitrogen and oxygen atoms in total. The Bertz CT molecular complexity index is 744. The van der Waals surface area contributed by atoms with Crippen molar-refractivity contribution >= 4 is 29.4 Å². The molecule has 0 radical (unpaired) electrons. The highest BCUT2D eigenvalue weighted by Crippen LogP contribution is 2.24. The minimum atomic E-state index is -0.602. The fourth-order valence-electron chi connectivity index (χ4n) is 1.59. The molecule has 0 aromatic heterocycles. The maximum Gasteiger partial charge on any atom is 0.288 e. The molecule has 0 aliphatic heterocycles. The smallest absolute Gasteiger partial charge is 0.288 e. The number of hydrazone groups is 1. The van der Waals surface area contributed by atoms with Crippen molar-refractivity contribution in [2.45, 2.75) is 0 Å². The van der Waals surface area contributed by atoms with E-state index in [-0.39, 0.29) is 16.5 Å². The third kappa shape index (κ3) is 3.80. The van der Waals surface area contributed by atoms with Gasteiger partial charge in [0, 0.05) is 17.2 Å². The van der Waals surface area contributed by atoms with E-state index in [2.05, 4.69) is 10.5 Å². The summed E-state index contributed by atoms with van der Waals surface area (Å²) in [6, 6.07) is 9.79. The van der Waals surface area contributed by atoms with Crippen molar-refractivity contribution in [1.29, 1.82) is 0 Å². The SMILES string of the molecule is O=C(N/N=C\c1ccc(Cl)c([N+](=O)[O-])c1)c1ccc(O)cc1. The second-order valence-electron chi connectivity index (χ2n) is 4.21. The second kappa shape index (κ2) is 6.68. The molecule has 112 valence electrons. The number of halogens is 1.